The highest BCUT2D eigenvalue weighted by atomic mass is 16.6. The van der Waals surface area contributed by atoms with E-state index in [1.54, 1.807) is 24.3 Å². The van der Waals surface area contributed by atoms with E-state index in [1.165, 1.54) is 0 Å². The van der Waals surface area contributed by atoms with E-state index in [1.807, 2.05) is 36.4 Å². The van der Waals surface area contributed by atoms with Gasteiger partial charge < -0.3 is 9.84 Å². The van der Waals surface area contributed by atoms with E-state index in [9.17, 15) is 9.90 Å². The van der Waals surface area contributed by atoms with Crippen LogP contribution in [0.1, 0.15) is 30.9 Å². The average molecular weight is 351 g/mol. The van der Waals surface area contributed by atoms with Gasteiger partial charge in [0.2, 0.25) is 5.60 Å². The highest BCUT2D eigenvalue weighted by molar-refractivity contribution is 5.85. The zero-order valence-corrected chi connectivity index (χ0v) is 15.0. The summed E-state index contributed by atoms with van der Waals surface area (Å²) in [6.45, 7) is 4.26. The Labute approximate surface area is 154 Å². The van der Waals surface area contributed by atoms with E-state index in [-0.39, 0.29) is 12.1 Å². The Bertz CT molecular complexity index is 712. The molecule has 0 spiro atoms. The molecule has 3 aliphatic rings. The van der Waals surface area contributed by atoms with Gasteiger partial charge in [0, 0.05) is 6.04 Å². The summed E-state index contributed by atoms with van der Waals surface area (Å²) in [6, 6.07) is 18.3. The largest absolute Gasteiger partial charge is 0.458 e. The van der Waals surface area contributed by atoms with Crippen molar-refractivity contribution in [2.24, 2.45) is 5.92 Å². The van der Waals surface area contributed by atoms with Crippen LogP contribution in [0.4, 0.5) is 0 Å². The molecule has 0 aliphatic carbocycles. The van der Waals surface area contributed by atoms with E-state index in [0.29, 0.717) is 17.0 Å². The standard InChI is InChI=1S/C22H25NO3/c1-16-20(17-12-14-23(16)15-13-17)26-21(24)22(25,18-8-4-2-5-9-18)19-10-6-3-7-11-19/h2-11,16-17,20,25H,12-15H2,1H3/t16-,20+/m0/s1. The van der Waals surface area contributed by atoms with E-state index >= 15 is 0 Å². The fourth-order valence-corrected chi connectivity index (χ4v) is 4.42. The third-order valence-corrected chi connectivity index (χ3v) is 6.01. The van der Waals surface area contributed by atoms with Crippen molar-refractivity contribution in [1.29, 1.82) is 0 Å². The molecule has 26 heavy (non-hydrogen) atoms. The number of rotatable bonds is 4. The van der Waals surface area contributed by atoms with Crippen molar-refractivity contribution in [2.75, 3.05) is 13.1 Å². The number of benzene rings is 2. The van der Waals surface area contributed by atoms with Crippen molar-refractivity contribution in [3.8, 4) is 0 Å². The Balaban J connectivity index is 1.67. The van der Waals surface area contributed by atoms with Gasteiger partial charge in [0.25, 0.3) is 0 Å². The van der Waals surface area contributed by atoms with E-state index in [0.717, 1.165) is 25.9 Å². The highest BCUT2D eigenvalue weighted by Gasteiger charge is 2.47. The quantitative estimate of drug-likeness (QED) is 0.861. The number of piperidine rings is 3. The van der Waals surface area contributed by atoms with Crippen LogP contribution >= 0.6 is 0 Å². The second kappa shape index (κ2) is 6.86. The molecule has 3 fully saturated rings. The Kier molecular flexibility index (Phi) is 4.55. The molecule has 136 valence electrons. The second-order valence-corrected chi connectivity index (χ2v) is 7.43. The molecular weight excluding hydrogens is 326 g/mol. The topological polar surface area (TPSA) is 49.8 Å². The molecule has 4 heteroatoms. The number of ether oxygens (including phenoxy) is 1. The molecule has 4 nitrogen and oxygen atoms in total. The smallest absolute Gasteiger partial charge is 0.348 e. The van der Waals surface area contributed by atoms with Crippen molar-refractivity contribution in [3.05, 3.63) is 71.8 Å². The fraction of sp³-hybridized carbons (Fsp3) is 0.409. The minimum atomic E-state index is -1.80. The summed E-state index contributed by atoms with van der Waals surface area (Å²) in [7, 11) is 0. The van der Waals surface area contributed by atoms with Crippen molar-refractivity contribution in [2.45, 2.75) is 37.5 Å². The van der Waals surface area contributed by atoms with E-state index in [2.05, 4.69) is 11.8 Å². The normalized spacial score (nSPS) is 27.9. The molecule has 2 atom stereocenters. The minimum absolute atomic E-state index is 0.163. The van der Waals surface area contributed by atoms with Gasteiger partial charge in [-0.1, -0.05) is 60.7 Å². The van der Waals surface area contributed by atoms with Crippen LogP contribution in [0.3, 0.4) is 0 Å². The molecule has 2 aromatic rings. The Morgan fingerprint density at radius 2 is 1.50 bits per heavy atom. The third-order valence-electron chi connectivity index (χ3n) is 6.01. The van der Waals surface area contributed by atoms with Crippen LogP contribution in [-0.2, 0) is 15.1 Å². The lowest BCUT2D eigenvalue weighted by molar-refractivity contribution is -0.182. The molecule has 0 aromatic heterocycles. The molecule has 0 radical (unpaired) electrons. The first-order chi connectivity index (χ1) is 12.6. The van der Waals surface area contributed by atoms with Gasteiger partial charge in [-0.3, -0.25) is 4.90 Å². The Hall–Kier alpha value is -2.17. The summed E-state index contributed by atoms with van der Waals surface area (Å²) in [5.41, 5.74) is -0.732. The van der Waals surface area contributed by atoms with Gasteiger partial charge in [-0.25, -0.2) is 4.79 Å². The van der Waals surface area contributed by atoms with Crippen molar-refractivity contribution >= 4 is 5.97 Å². The van der Waals surface area contributed by atoms with Crippen LogP contribution in [-0.4, -0.2) is 41.2 Å². The maximum atomic E-state index is 13.3. The number of carbonyl (C=O) groups is 1. The van der Waals surface area contributed by atoms with Gasteiger partial charge in [0.1, 0.15) is 6.10 Å². The molecule has 3 aliphatic heterocycles. The van der Waals surface area contributed by atoms with Crippen LogP contribution in [0.25, 0.3) is 0 Å². The summed E-state index contributed by atoms with van der Waals surface area (Å²) in [4.78, 5) is 15.6. The molecule has 2 aromatic carbocycles. The summed E-state index contributed by atoms with van der Waals surface area (Å²) >= 11 is 0. The van der Waals surface area contributed by atoms with Crippen molar-refractivity contribution in [3.63, 3.8) is 0 Å². The Morgan fingerprint density at radius 1 is 1.00 bits per heavy atom. The van der Waals surface area contributed by atoms with E-state index in [4.69, 9.17) is 4.74 Å². The predicted octanol–water partition coefficient (Wildman–Crippen LogP) is 2.95. The fourth-order valence-electron chi connectivity index (χ4n) is 4.42. The number of fused-ring (bicyclic) bond motifs is 3. The SMILES string of the molecule is C[C@H]1[C@@H](OC(=O)C(O)(c2ccccc2)c2ccccc2)C2CCN1CC2. The van der Waals surface area contributed by atoms with E-state index < -0.39 is 11.6 Å². The van der Waals surface area contributed by atoms with Gasteiger partial charge in [-0.05, 0) is 49.9 Å². The predicted molar refractivity (Wildman–Crippen MR) is 99.5 cm³/mol. The maximum absolute atomic E-state index is 13.3. The highest BCUT2D eigenvalue weighted by Crippen LogP contribution is 2.37. The summed E-state index contributed by atoms with van der Waals surface area (Å²) in [6.07, 6.45) is 1.94. The molecule has 0 amide bonds. The number of carbonyl (C=O) groups excluding carboxylic acids is 1. The molecule has 3 saturated heterocycles. The minimum Gasteiger partial charge on any atom is -0.458 e. The van der Waals surface area contributed by atoms with Crippen LogP contribution in [0, 0.1) is 5.92 Å². The van der Waals surface area contributed by atoms with Crippen LogP contribution in [0.5, 0.6) is 0 Å². The maximum Gasteiger partial charge on any atom is 0.348 e. The first-order valence-corrected chi connectivity index (χ1v) is 9.39. The average Bonchev–Trinajstić information content (AvgIpc) is 2.71. The lowest BCUT2D eigenvalue weighted by Crippen LogP contribution is -2.58. The van der Waals surface area contributed by atoms with Crippen LogP contribution in [0.2, 0.25) is 0 Å². The zero-order chi connectivity index (χ0) is 18.1. The second-order valence-electron chi connectivity index (χ2n) is 7.43. The van der Waals surface area contributed by atoms with Gasteiger partial charge in [0.15, 0.2) is 0 Å². The molecule has 5 rings (SSSR count). The number of hydrogen-bond acceptors (Lipinski definition) is 4. The summed E-state index contributed by atoms with van der Waals surface area (Å²) < 4.78 is 5.98. The first kappa shape index (κ1) is 17.3. The number of aliphatic hydroxyl groups is 1. The monoisotopic (exact) mass is 351 g/mol. The van der Waals surface area contributed by atoms with Gasteiger partial charge in [0.05, 0.1) is 0 Å². The van der Waals surface area contributed by atoms with Crippen molar-refractivity contribution in [1.82, 2.24) is 4.90 Å². The molecule has 2 bridgehead atoms. The van der Waals surface area contributed by atoms with Gasteiger partial charge >= 0.3 is 5.97 Å². The van der Waals surface area contributed by atoms with Crippen molar-refractivity contribution < 1.29 is 14.6 Å². The zero-order valence-electron chi connectivity index (χ0n) is 15.0. The summed E-state index contributed by atoms with van der Waals surface area (Å²) in [5, 5.41) is 11.5. The number of esters is 1. The lowest BCUT2D eigenvalue weighted by atomic mass is 9.80. The van der Waals surface area contributed by atoms with Gasteiger partial charge in [-0.2, -0.15) is 0 Å². The molecule has 0 saturated carbocycles. The Morgan fingerprint density at radius 3 is 1.96 bits per heavy atom. The molecule has 0 unspecified atom stereocenters. The van der Waals surface area contributed by atoms with Gasteiger partial charge in [-0.15, -0.1) is 0 Å². The summed E-state index contributed by atoms with van der Waals surface area (Å²) in [5.74, 6) is -0.199. The number of nitrogens with zero attached hydrogens (tertiary/aromatic N) is 1. The van der Waals surface area contributed by atoms with Crippen LogP contribution < -0.4 is 0 Å². The molecule has 3 heterocycles. The third kappa shape index (κ3) is 2.83. The van der Waals surface area contributed by atoms with Crippen LogP contribution in [0.15, 0.2) is 60.7 Å². The number of hydrogen-bond donors (Lipinski definition) is 1. The first-order valence-electron chi connectivity index (χ1n) is 9.39. The molecule has 1 N–H and O–H groups in total. The lowest BCUT2D eigenvalue weighted by Gasteiger charge is -2.49. The molecular formula is C22H25NO3.